The van der Waals surface area contributed by atoms with Crippen molar-refractivity contribution in [2.45, 2.75) is 19.1 Å². The number of esters is 1. The first kappa shape index (κ1) is 15.8. The Morgan fingerprint density at radius 3 is 2.38 bits per heavy atom. The zero-order chi connectivity index (χ0) is 15.2. The average Bonchev–Trinajstić information content (AvgIpc) is 2.44. The van der Waals surface area contributed by atoms with Gasteiger partial charge >= 0.3 is 5.97 Å². The second kappa shape index (κ2) is 7.41. The molecule has 6 heteroatoms. The lowest BCUT2D eigenvalue weighted by molar-refractivity contribution is -0.154. The molecule has 0 amide bonds. The van der Waals surface area contributed by atoms with Crippen molar-refractivity contribution in [2.24, 2.45) is 0 Å². The van der Waals surface area contributed by atoms with Gasteiger partial charge in [-0.3, -0.25) is 0 Å². The quantitative estimate of drug-likeness (QED) is 0.678. The number of rotatable bonds is 5. The van der Waals surface area contributed by atoms with Crippen molar-refractivity contribution in [1.29, 1.82) is 0 Å². The van der Waals surface area contributed by atoms with E-state index in [0.29, 0.717) is 5.56 Å². The second-order valence-electron chi connectivity index (χ2n) is 4.43. The summed E-state index contributed by atoms with van der Waals surface area (Å²) in [6.45, 7) is -0.0212. The molecule has 21 heavy (non-hydrogen) atoms. The molecule has 1 heterocycles. The minimum absolute atomic E-state index is 0.0212. The molecule has 0 aliphatic heterocycles. The normalized spacial score (nSPS) is 12.0. The molecular weight excluding hydrogens is 313 g/mol. The maximum absolute atomic E-state index is 11.7. The van der Waals surface area contributed by atoms with E-state index in [9.17, 15) is 9.90 Å². The smallest absolute Gasteiger partial charge is 0.335 e. The van der Waals surface area contributed by atoms with Crippen LogP contribution in [0.3, 0.4) is 0 Å². The third-order valence-corrected chi connectivity index (χ3v) is 3.13. The molecule has 2 aromatic rings. The monoisotopic (exact) mass is 325 g/mol. The summed E-state index contributed by atoms with van der Waals surface area (Å²) in [5, 5.41) is 10.3. The topological polar surface area (TPSA) is 59.4 Å². The maximum Gasteiger partial charge on any atom is 0.335 e. The van der Waals surface area contributed by atoms with Crippen molar-refractivity contribution in [3.8, 4) is 0 Å². The Bertz CT molecular complexity index is 599. The van der Waals surface area contributed by atoms with Crippen molar-refractivity contribution < 1.29 is 14.6 Å². The number of benzene rings is 1. The predicted molar refractivity (Wildman–Crippen MR) is 80.2 cm³/mol. The second-order valence-corrected chi connectivity index (χ2v) is 5.21. The molecule has 0 radical (unpaired) electrons. The number of carbonyl (C=O) groups is 1. The summed E-state index contributed by atoms with van der Waals surface area (Å²) < 4.78 is 5.04. The van der Waals surface area contributed by atoms with Crippen LogP contribution in [0.1, 0.15) is 11.1 Å². The fourth-order valence-electron chi connectivity index (χ4n) is 1.77. The van der Waals surface area contributed by atoms with Crippen molar-refractivity contribution >= 4 is 29.2 Å². The van der Waals surface area contributed by atoms with Crippen LogP contribution in [0.2, 0.25) is 10.3 Å². The molecule has 0 aliphatic rings. The van der Waals surface area contributed by atoms with Crippen LogP contribution in [-0.2, 0) is 22.6 Å². The van der Waals surface area contributed by atoms with Crippen molar-refractivity contribution in [2.75, 3.05) is 0 Å². The number of hydrogen-bond donors (Lipinski definition) is 1. The summed E-state index contributed by atoms with van der Waals surface area (Å²) in [6.07, 6.45) is -1.00. The molecule has 0 saturated carbocycles. The largest absolute Gasteiger partial charge is 0.459 e. The van der Waals surface area contributed by atoms with Crippen LogP contribution in [0.5, 0.6) is 0 Å². The molecule has 0 spiro atoms. The number of halogens is 2. The molecule has 0 fully saturated rings. The number of hydrogen-bond acceptors (Lipinski definition) is 4. The number of pyridine rings is 1. The standard InChI is InChI=1S/C15H13Cl2NO3/c16-13-7-11(8-14(17)18-13)9-21-15(20)12(19)6-10-4-2-1-3-5-10/h1-5,7-8,12,19H,6,9H2/t12-/m0/s1. The molecule has 1 N–H and O–H groups in total. The number of aromatic nitrogens is 1. The van der Waals surface area contributed by atoms with E-state index < -0.39 is 12.1 Å². The molecule has 0 unspecified atom stereocenters. The van der Waals surface area contributed by atoms with Gasteiger partial charge in [0, 0.05) is 6.42 Å². The van der Waals surface area contributed by atoms with E-state index in [0.717, 1.165) is 5.56 Å². The first-order valence-corrected chi connectivity index (χ1v) is 7.01. The fourth-order valence-corrected chi connectivity index (χ4v) is 2.27. The molecule has 1 atom stereocenters. The van der Waals surface area contributed by atoms with Gasteiger partial charge in [-0.1, -0.05) is 53.5 Å². The van der Waals surface area contributed by atoms with Gasteiger partial charge in [0.15, 0.2) is 6.10 Å². The Morgan fingerprint density at radius 2 is 1.76 bits per heavy atom. The Kier molecular flexibility index (Phi) is 5.56. The molecule has 0 aliphatic carbocycles. The van der Waals surface area contributed by atoms with E-state index in [1.165, 1.54) is 0 Å². The summed E-state index contributed by atoms with van der Waals surface area (Å²) in [5.41, 5.74) is 1.47. The molecular formula is C15H13Cl2NO3. The molecule has 4 nitrogen and oxygen atoms in total. The number of aliphatic hydroxyl groups is 1. The molecule has 0 bridgehead atoms. The van der Waals surface area contributed by atoms with Crippen LogP contribution in [0.25, 0.3) is 0 Å². The van der Waals surface area contributed by atoms with Crippen LogP contribution in [0.15, 0.2) is 42.5 Å². The van der Waals surface area contributed by atoms with E-state index in [1.807, 2.05) is 30.3 Å². The van der Waals surface area contributed by atoms with Crippen LogP contribution >= 0.6 is 23.2 Å². The highest BCUT2D eigenvalue weighted by atomic mass is 35.5. The molecule has 2 rings (SSSR count). The van der Waals surface area contributed by atoms with Gasteiger partial charge in [-0.15, -0.1) is 0 Å². The third-order valence-electron chi connectivity index (χ3n) is 2.75. The summed E-state index contributed by atoms with van der Waals surface area (Å²) in [5.74, 6) is -0.692. The highest BCUT2D eigenvalue weighted by Gasteiger charge is 2.17. The lowest BCUT2D eigenvalue weighted by Gasteiger charge is -2.11. The number of nitrogens with zero attached hydrogens (tertiary/aromatic N) is 1. The number of aliphatic hydroxyl groups excluding tert-OH is 1. The van der Waals surface area contributed by atoms with E-state index in [2.05, 4.69) is 4.98 Å². The minimum Gasteiger partial charge on any atom is -0.459 e. The minimum atomic E-state index is -1.21. The maximum atomic E-state index is 11.7. The van der Waals surface area contributed by atoms with Crippen molar-refractivity contribution in [3.63, 3.8) is 0 Å². The highest BCUT2D eigenvalue weighted by Crippen LogP contribution is 2.15. The van der Waals surface area contributed by atoms with Crippen LogP contribution < -0.4 is 0 Å². The van der Waals surface area contributed by atoms with Gasteiger partial charge in [-0.05, 0) is 23.3 Å². The molecule has 1 aromatic heterocycles. The lowest BCUT2D eigenvalue weighted by atomic mass is 10.1. The zero-order valence-corrected chi connectivity index (χ0v) is 12.5. The Balaban J connectivity index is 1.89. The zero-order valence-electron chi connectivity index (χ0n) is 11.0. The van der Waals surface area contributed by atoms with Crippen molar-refractivity contribution in [1.82, 2.24) is 4.98 Å². The van der Waals surface area contributed by atoms with Gasteiger partial charge in [0.05, 0.1) is 0 Å². The fraction of sp³-hybridized carbons (Fsp3) is 0.200. The lowest BCUT2D eigenvalue weighted by Crippen LogP contribution is -2.25. The molecule has 110 valence electrons. The summed E-state index contributed by atoms with van der Waals surface area (Å²) in [6, 6.07) is 12.3. The van der Waals surface area contributed by atoms with E-state index in [1.54, 1.807) is 12.1 Å². The van der Waals surface area contributed by atoms with Gasteiger partial charge in [0.1, 0.15) is 16.9 Å². The number of ether oxygens (including phenoxy) is 1. The van der Waals surface area contributed by atoms with Gasteiger partial charge in [-0.25, -0.2) is 9.78 Å². The molecule has 1 aromatic carbocycles. The van der Waals surface area contributed by atoms with Gasteiger partial charge in [0.25, 0.3) is 0 Å². The Morgan fingerprint density at radius 1 is 1.14 bits per heavy atom. The first-order valence-electron chi connectivity index (χ1n) is 6.25. The SMILES string of the molecule is O=C(OCc1cc(Cl)nc(Cl)c1)[C@@H](O)Cc1ccccc1. The summed E-state index contributed by atoms with van der Waals surface area (Å²) >= 11 is 11.5. The van der Waals surface area contributed by atoms with Gasteiger partial charge in [-0.2, -0.15) is 0 Å². The average molecular weight is 326 g/mol. The third kappa shape index (κ3) is 5.01. The van der Waals surface area contributed by atoms with Crippen LogP contribution in [0.4, 0.5) is 0 Å². The van der Waals surface area contributed by atoms with Gasteiger partial charge in [0.2, 0.25) is 0 Å². The van der Waals surface area contributed by atoms with Gasteiger partial charge < -0.3 is 9.84 Å². The Hall–Kier alpha value is -1.62. The van der Waals surface area contributed by atoms with E-state index in [4.69, 9.17) is 27.9 Å². The molecule has 0 saturated heterocycles. The Labute approximate surface area is 132 Å². The highest BCUT2D eigenvalue weighted by molar-refractivity contribution is 6.32. The van der Waals surface area contributed by atoms with E-state index in [-0.39, 0.29) is 23.3 Å². The summed E-state index contributed by atoms with van der Waals surface area (Å²) in [4.78, 5) is 15.5. The predicted octanol–water partition coefficient (Wildman–Crippen LogP) is 3.04. The van der Waals surface area contributed by atoms with Crippen LogP contribution in [0, 0.1) is 0 Å². The van der Waals surface area contributed by atoms with E-state index >= 15 is 0 Å². The van der Waals surface area contributed by atoms with Crippen molar-refractivity contribution in [3.05, 3.63) is 63.9 Å². The summed E-state index contributed by atoms with van der Waals surface area (Å²) in [7, 11) is 0. The first-order chi connectivity index (χ1) is 10.0. The van der Waals surface area contributed by atoms with Crippen LogP contribution in [-0.4, -0.2) is 22.2 Å². The number of carbonyl (C=O) groups excluding carboxylic acids is 1.